The van der Waals surface area contributed by atoms with Crippen LogP contribution in [-0.2, 0) is 11.2 Å². The van der Waals surface area contributed by atoms with Crippen molar-refractivity contribution >= 4 is 28.3 Å². The molecule has 1 unspecified atom stereocenters. The molecule has 2 nitrogen and oxygen atoms in total. The molecule has 1 aromatic carbocycles. The highest BCUT2D eigenvalue weighted by Crippen LogP contribution is 2.19. The van der Waals surface area contributed by atoms with Gasteiger partial charge in [-0.1, -0.05) is 41.6 Å². The molecular formula is C14H20INO. The molecule has 0 aromatic heterocycles. The summed E-state index contributed by atoms with van der Waals surface area (Å²) in [5, 5.41) is 0. The number of anilines is 1. The molecule has 0 amide bonds. The molecule has 1 aromatic rings. The summed E-state index contributed by atoms with van der Waals surface area (Å²) >= 11 is 2.53. The van der Waals surface area contributed by atoms with Crippen LogP contribution in [0, 0.1) is 0 Å². The number of halogens is 1. The van der Waals surface area contributed by atoms with Gasteiger partial charge in [-0.05, 0) is 30.5 Å². The highest BCUT2D eigenvalue weighted by molar-refractivity contribution is 14.1. The number of rotatable bonds is 4. The van der Waals surface area contributed by atoms with E-state index in [2.05, 4.69) is 58.7 Å². The van der Waals surface area contributed by atoms with Crippen molar-refractivity contribution in [1.82, 2.24) is 0 Å². The zero-order chi connectivity index (χ0) is 12.1. The Bertz CT molecular complexity index is 333. The Kier molecular flexibility index (Phi) is 5.10. The van der Waals surface area contributed by atoms with Crippen LogP contribution in [0.2, 0.25) is 0 Å². The molecule has 1 atom stereocenters. The quantitative estimate of drug-likeness (QED) is 0.613. The summed E-state index contributed by atoms with van der Waals surface area (Å²) < 4.78 is 6.12. The molecular weight excluding hydrogens is 325 g/mol. The van der Waals surface area contributed by atoms with Gasteiger partial charge < -0.3 is 9.64 Å². The Hall–Kier alpha value is -0.290. The molecule has 0 saturated carbocycles. The summed E-state index contributed by atoms with van der Waals surface area (Å²) in [5.41, 5.74) is 2.78. The van der Waals surface area contributed by atoms with Gasteiger partial charge in [0.15, 0.2) is 0 Å². The fourth-order valence-corrected chi connectivity index (χ4v) is 2.57. The Morgan fingerprint density at radius 2 is 1.88 bits per heavy atom. The van der Waals surface area contributed by atoms with Crippen LogP contribution in [0.5, 0.6) is 0 Å². The van der Waals surface area contributed by atoms with E-state index in [4.69, 9.17) is 4.74 Å². The zero-order valence-corrected chi connectivity index (χ0v) is 12.5. The summed E-state index contributed by atoms with van der Waals surface area (Å²) in [6.07, 6.45) is 2.42. The van der Waals surface area contributed by atoms with E-state index in [9.17, 15) is 0 Å². The maximum absolute atomic E-state index is 5.37. The fraction of sp³-hybridized carbons (Fsp3) is 0.571. The van der Waals surface area contributed by atoms with Crippen LogP contribution < -0.4 is 4.90 Å². The first kappa shape index (κ1) is 13.1. The minimum absolute atomic E-state index is 0.752. The predicted molar refractivity (Wildman–Crippen MR) is 81.3 cm³/mol. The Morgan fingerprint density at radius 3 is 2.47 bits per heavy atom. The average Bonchev–Trinajstić information content (AvgIpc) is 2.40. The molecule has 3 heteroatoms. The van der Waals surface area contributed by atoms with E-state index in [-0.39, 0.29) is 0 Å². The van der Waals surface area contributed by atoms with E-state index >= 15 is 0 Å². The number of morpholine rings is 1. The highest BCUT2D eigenvalue weighted by atomic mass is 127. The Labute approximate surface area is 117 Å². The standard InChI is InChI=1S/C14H20INO/c1-2-13(15)11-12-3-5-14(6-4-12)16-7-9-17-10-8-16/h3-6,13H,2,7-11H2,1H3. The molecule has 1 aliphatic heterocycles. The summed E-state index contributed by atoms with van der Waals surface area (Å²) in [4.78, 5) is 2.40. The molecule has 94 valence electrons. The topological polar surface area (TPSA) is 12.5 Å². The van der Waals surface area contributed by atoms with Crippen LogP contribution in [-0.4, -0.2) is 30.2 Å². The number of benzene rings is 1. The van der Waals surface area contributed by atoms with E-state index in [0.29, 0.717) is 0 Å². The minimum atomic E-state index is 0.752. The monoisotopic (exact) mass is 345 g/mol. The molecule has 1 aliphatic rings. The second-order valence-electron chi connectivity index (χ2n) is 4.48. The molecule has 0 spiro atoms. The molecule has 1 saturated heterocycles. The lowest BCUT2D eigenvalue weighted by Crippen LogP contribution is -2.36. The fourth-order valence-electron chi connectivity index (χ4n) is 2.06. The van der Waals surface area contributed by atoms with Crippen LogP contribution in [0.15, 0.2) is 24.3 Å². The second-order valence-corrected chi connectivity index (χ2v) is 6.24. The first-order chi connectivity index (χ1) is 8.29. The molecule has 0 aliphatic carbocycles. The van der Waals surface area contributed by atoms with Gasteiger partial charge in [-0.25, -0.2) is 0 Å². The van der Waals surface area contributed by atoms with Gasteiger partial charge >= 0.3 is 0 Å². The largest absolute Gasteiger partial charge is 0.378 e. The summed E-state index contributed by atoms with van der Waals surface area (Å²) in [6, 6.07) is 9.04. The van der Waals surface area contributed by atoms with Crippen molar-refractivity contribution in [3.8, 4) is 0 Å². The third kappa shape index (κ3) is 3.85. The van der Waals surface area contributed by atoms with Crippen molar-refractivity contribution in [2.75, 3.05) is 31.2 Å². The molecule has 2 rings (SSSR count). The predicted octanol–water partition coefficient (Wildman–Crippen LogP) is 3.28. The van der Waals surface area contributed by atoms with E-state index in [1.807, 2.05) is 0 Å². The van der Waals surface area contributed by atoms with Gasteiger partial charge in [0.05, 0.1) is 13.2 Å². The summed E-state index contributed by atoms with van der Waals surface area (Å²) in [5.74, 6) is 0. The molecule has 1 fully saturated rings. The van der Waals surface area contributed by atoms with E-state index in [1.54, 1.807) is 0 Å². The van der Waals surface area contributed by atoms with E-state index < -0.39 is 0 Å². The average molecular weight is 345 g/mol. The number of hydrogen-bond acceptors (Lipinski definition) is 2. The smallest absolute Gasteiger partial charge is 0.0642 e. The van der Waals surface area contributed by atoms with Crippen LogP contribution in [0.3, 0.4) is 0 Å². The van der Waals surface area contributed by atoms with Crippen molar-refractivity contribution < 1.29 is 4.74 Å². The van der Waals surface area contributed by atoms with Crippen molar-refractivity contribution in [1.29, 1.82) is 0 Å². The number of ether oxygens (including phenoxy) is 1. The summed E-state index contributed by atoms with van der Waals surface area (Å²) in [7, 11) is 0. The van der Waals surface area contributed by atoms with Gasteiger partial charge in [-0.3, -0.25) is 0 Å². The third-order valence-corrected chi connectivity index (χ3v) is 4.53. The first-order valence-electron chi connectivity index (χ1n) is 6.35. The van der Waals surface area contributed by atoms with Gasteiger partial charge in [0.1, 0.15) is 0 Å². The third-order valence-electron chi connectivity index (χ3n) is 3.21. The lowest BCUT2D eigenvalue weighted by atomic mass is 10.1. The maximum atomic E-state index is 5.37. The van der Waals surface area contributed by atoms with Crippen LogP contribution in [0.4, 0.5) is 5.69 Å². The van der Waals surface area contributed by atoms with Gasteiger partial charge in [0, 0.05) is 22.7 Å². The van der Waals surface area contributed by atoms with Crippen molar-refractivity contribution in [3.63, 3.8) is 0 Å². The van der Waals surface area contributed by atoms with Gasteiger partial charge in [0.25, 0.3) is 0 Å². The van der Waals surface area contributed by atoms with Crippen LogP contribution in [0.25, 0.3) is 0 Å². The highest BCUT2D eigenvalue weighted by Gasteiger charge is 2.11. The molecule has 0 N–H and O–H groups in total. The first-order valence-corrected chi connectivity index (χ1v) is 7.60. The SMILES string of the molecule is CCC(I)Cc1ccc(N2CCOCC2)cc1. The van der Waals surface area contributed by atoms with Crippen molar-refractivity contribution in [2.24, 2.45) is 0 Å². The number of hydrogen-bond donors (Lipinski definition) is 0. The number of alkyl halides is 1. The van der Waals surface area contributed by atoms with Gasteiger partial charge in [-0.15, -0.1) is 0 Å². The number of nitrogens with zero attached hydrogens (tertiary/aromatic N) is 1. The molecule has 0 radical (unpaired) electrons. The van der Waals surface area contributed by atoms with Gasteiger partial charge in [0.2, 0.25) is 0 Å². The van der Waals surface area contributed by atoms with Crippen LogP contribution in [0.1, 0.15) is 18.9 Å². The van der Waals surface area contributed by atoms with E-state index in [1.165, 1.54) is 24.1 Å². The molecule has 0 bridgehead atoms. The minimum Gasteiger partial charge on any atom is -0.378 e. The lowest BCUT2D eigenvalue weighted by Gasteiger charge is -2.29. The Morgan fingerprint density at radius 1 is 1.24 bits per heavy atom. The van der Waals surface area contributed by atoms with E-state index in [0.717, 1.165) is 30.2 Å². The van der Waals surface area contributed by atoms with Gasteiger partial charge in [-0.2, -0.15) is 0 Å². The zero-order valence-electron chi connectivity index (χ0n) is 10.4. The Balaban J connectivity index is 1.97. The second kappa shape index (κ2) is 6.59. The van der Waals surface area contributed by atoms with Crippen LogP contribution >= 0.6 is 22.6 Å². The van der Waals surface area contributed by atoms with Crippen molar-refractivity contribution in [2.45, 2.75) is 23.7 Å². The molecule has 1 heterocycles. The normalized spacial score (nSPS) is 18.1. The van der Waals surface area contributed by atoms with Crippen molar-refractivity contribution in [3.05, 3.63) is 29.8 Å². The lowest BCUT2D eigenvalue weighted by molar-refractivity contribution is 0.122. The molecule has 17 heavy (non-hydrogen) atoms. The maximum Gasteiger partial charge on any atom is 0.0642 e. The summed E-state index contributed by atoms with van der Waals surface area (Å²) in [6.45, 7) is 5.99.